The van der Waals surface area contributed by atoms with Gasteiger partial charge in [-0.15, -0.1) is 0 Å². The summed E-state index contributed by atoms with van der Waals surface area (Å²) in [5.74, 6) is -2.62. The zero-order valence-corrected chi connectivity index (χ0v) is 11.9. The molecular formula is C16H11F4NO2. The predicted molar refractivity (Wildman–Crippen MR) is 75.8 cm³/mol. The Hall–Kier alpha value is -2.70. The summed E-state index contributed by atoms with van der Waals surface area (Å²) in [6, 6.07) is 7.98. The zero-order valence-electron chi connectivity index (χ0n) is 11.9. The standard InChI is InChI=1S/C16H11F4NO2/c1-9(22)14-11(16(18,19)20)6-4-8-13(14)21-15(23)10-5-2-3-7-12(10)17/h2-8H,1H3,(H,21,23). The van der Waals surface area contributed by atoms with Crippen LogP contribution < -0.4 is 5.32 Å². The molecule has 0 unspecified atom stereocenters. The highest BCUT2D eigenvalue weighted by Gasteiger charge is 2.35. The highest BCUT2D eigenvalue weighted by atomic mass is 19.4. The second-order valence-electron chi connectivity index (χ2n) is 4.72. The van der Waals surface area contributed by atoms with Crippen molar-refractivity contribution in [2.45, 2.75) is 13.1 Å². The summed E-state index contributed by atoms with van der Waals surface area (Å²) < 4.78 is 52.5. The maximum Gasteiger partial charge on any atom is 0.417 e. The normalized spacial score (nSPS) is 11.2. The largest absolute Gasteiger partial charge is 0.417 e. The fraction of sp³-hybridized carbons (Fsp3) is 0.125. The number of ketones is 1. The van der Waals surface area contributed by atoms with E-state index in [1.54, 1.807) is 0 Å². The molecule has 0 radical (unpaired) electrons. The number of Topliss-reactive ketones (excluding diaryl/α,β-unsaturated/α-hetero) is 1. The quantitative estimate of drug-likeness (QED) is 0.675. The monoisotopic (exact) mass is 325 g/mol. The van der Waals surface area contributed by atoms with Crippen molar-refractivity contribution in [3.8, 4) is 0 Å². The van der Waals surface area contributed by atoms with Crippen LogP contribution in [0.2, 0.25) is 0 Å². The molecule has 23 heavy (non-hydrogen) atoms. The highest BCUT2D eigenvalue weighted by Crippen LogP contribution is 2.35. The molecule has 7 heteroatoms. The maximum atomic E-state index is 13.6. The van der Waals surface area contributed by atoms with Crippen LogP contribution in [-0.2, 0) is 6.18 Å². The summed E-state index contributed by atoms with van der Waals surface area (Å²) >= 11 is 0. The van der Waals surface area contributed by atoms with Gasteiger partial charge in [0.1, 0.15) is 5.82 Å². The molecule has 0 atom stereocenters. The van der Waals surface area contributed by atoms with E-state index in [2.05, 4.69) is 5.32 Å². The van der Waals surface area contributed by atoms with E-state index in [-0.39, 0.29) is 11.3 Å². The van der Waals surface area contributed by atoms with Gasteiger partial charge in [0.2, 0.25) is 0 Å². The van der Waals surface area contributed by atoms with Gasteiger partial charge in [-0.1, -0.05) is 18.2 Å². The minimum Gasteiger partial charge on any atom is -0.321 e. The molecule has 0 saturated carbocycles. The van der Waals surface area contributed by atoms with Gasteiger partial charge < -0.3 is 5.32 Å². The molecule has 0 bridgehead atoms. The van der Waals surface area contributed by atoms with Crippen LogP contribution in [0.25, 0.3) is 0 Å². The Balaban J connectivity index is 2.47. The molecular weight excluding hydrogens is 314 g/mol. The third kappa shape index (κ3) is 3.56. The lowest BCUT2D eigenvalue weighted by Gasteiger charge is -2.15. The van der Waals surface area contributed by atoms with E-state index < -0.39 is 34.8 Å². The Morgan fingerprint density at radius 1 is 1.00 bits per heavy atom. The number of hydrogen-bond acceptors (Lipinski definition) is 2. The van der Waals surface area contributed by atoms with E-state index >= 15 is 0 Å². The van der Waals surface area contributed by atoms with Crippen LogP contribution in [0.1, 0.15) is 33.2 Å². The van der Waals surface area contributed by atoms with E-state index in [9.17, 15) is 27.2 Å². The number of alkyl halides is 3. The number of anilines is 1. The lowest BCUT2D eigenvalue weighted by atomic mass is 10.0. The molecule has 0 saturated heterocycles. The summed E-state index contributed by atoms with van der Waals surface area (Å²) in [5, 5.41) is 2.16. The number of rotatable bonds is 3. The molecule has 3 nitrogen and oxygen atoms in total. The minimum absolute atomic E-state index is 0.319. The molecule has 0 fully saturated rings. The van der Waals surface area contributed by atoms with Crippen LogP contribution in [0.4, 0.5) is 23.2 Å². The van der Waals surface area contributed by atoms with Crippen molar-refractivity contribution in [1.82, 2.24) is 0 Å². The summed E-state index contributed by atoms with van der Waals surface area (Å²) in [4.78, 5) is 23.6. The van der Waals surface area contributed by atoms with Gasteiger partial charge in [-0.25, -0.2) is 4.39 Å². The van der Waals surface area contributed by atoms with E-state index in [1.807, 2.05) is 0 Å². The topological polar surface area (TPSA) is 46.2 Å². The molecule has 0 heterocycles. The van der Waals surface area contributed by atoms with Crippen molar-refractivity contribution in [1.29, 1.82) is 0 Å². The second-order valence-corrected chi connectivity index (χ2v) is 4.72. The van der Waals surface area contributed by atoms with E-state index in [1.165, 1.54) is 18.2 Å². The van der Waals surface area contributed by atoms with Crippen molar-refractivity contribution >= 4 is 17.4 Å². The first-order valence-corrected chi connectivity index (χ1v) is 6.49. The third-order valence-electron chi connectivity index (χ3n) is 3.09. The molecule has 120 valence electrons. The number of carbonyl (C=O) groups excluding carboxylic acids is 2. The summed E-state index contributed by atoms with van der Waals surface area (Å²) in [6.07, 6.45) is -4.75. The van der Waals surface area contributed by atoms with Gasteiger partial charge in [0, 0.05) is 0 Å². The molecule has 0 aromatic heterocycles. The SMILES string of the molecule is CC(=O)c1c(NC(=O)c2ccccc2F)cccc1C(F)(F)F. The summed E-state index contributed by atoms with van der Waals surface area (Å²) in [6.45, 7) is 0.962. The fourth-order valence-electron chi connectivity index (χ4n) is 2.11. The van der Waals surface area contributed by atoms with E-state index in [0.717, 1.165) is 31.2 Å². The summed E-state index contributed by atoms with van der Waals surface area (Å²) in [5.41, 5.74) is -2.47. The third-order valence-corrected chi connectivity index (χ3v) is 3.09. The van der Waals surface area contributed by atoms with Gasteiger partial charge in [-0.2, -0.15) is 13.2 Å². The fourth-order valence-corrected chi connectivity index (χ4v) is 2.11. The van der Waals surface area contributed by atoms with Gasteiger partial charge >= 0.3 is 6.18 Å². The van der Waals surface area contributed by atoms with Crippen molar-refractivity contribution in [2.75, 3.05) is 5.32 Å². The first kappa shape index (κ1) is 16.7. The summed E-state index contributed by atoms with van der Waals surface area (Å²) in [7, 11) is 0. The second kappa shape index (κ2) is 6.20. The number of halogens is 4. The molecule has 0 aliphatic rings. The van der Waals surface area contributed by atoms with Crippen molar-refractivity contribution < 1.29 is 27.2 Å². The number of benzene rings is 2. The van der Waals surface area contributed by atoms with E-state index in [0.29, 0.717) is 0 Å². The van der Waals surface area contributed by atoms with Gasteiger partial charge in [0.15, 0.2) is 5.78 Å². The molecule has 2 aromatic carbocycles. The number of hydrogen-bond donors (Lipinski definition) is 1. The number of carbonyl (C=O) groups is 2. The van der Waals surface area contributed by atoms with Gasteiger partial charge in [0.05, 0.1) is 22.4 Å². The number of amides is 1. The molecule has 0 aliphatic carbocycles. The predicted octanol–water partition coefficient (Wildman–Crippen LogP) is 4.30. The molecule has 2 rings (SSSR count). The molecule has 1 N–H and O–H groups in total. The smallest absolute Gasteiger partial charge is 0.321 e. The number of nitrogens with one attached hydrogen (secondary N) is 1. The van der Waals surface area contributed by atoms with Crippen LogP contribution in [0.3, 0.4) is 0 Å². The minimum atomic E-state index is -4.75. The zero-order chi connectivity index (χ0) is 17.2. The average molecular weight is 325 g/mol. The van der Waals surface area contributed by atoms with Crippen molar-refractivity contribution in [3.05, 3.63) is 65.0 Å². The van der Waals surface area contributed by atoms with Crippen LogP contribution in [0, 0.1) is 5.82 Å². The van der Waals surface area contributed by atoms with Crippen LogP contribution in [-0.4, -0.2) is 11.7 Å². The van der Waals surface area contributed by atoms with Crippen molar-refractivity contribution in [2.24, 2.45) is 0 Å². The van der Waals surface area contributed by atoms with Crippen LogP contribution in [0.15, 0.2) is 42.5 Å². The Kier molecular flexibility index (Phi) is 4.49. The van der Waals surface area contributed by atoms with Gasteiger partial charge in [-0.3, -0.25) is 9.59 Å². The van der Waals surface area contributed by atoms with Gasteiger partial charge in [0.25, 0.3) is 5.91 Å². The van der Waals surface area contributed by atoms with Crippen LogP contribution >= 0.6 is 0 Å². The Bertz CT molecular complexity index is 769. The molecule has 2 aromatic rings. The lowest BCUT2D eigenvalue weighted by molar-refractivity contribution is -0.137. The van der Waals surface area contributed by atoms with Crippen molar-refractivity contribution in [3.63, 3.8) is 0 Å². The first-order valence-electron chi connectivity index (χ1n) is 6.49. The van der Waals surface area contributed by atoms with E-state index in [4.69, 9.17) is 0 Å². The Morgan fingerprint density at radius 2 is 1.65 bits per heavy atom. The molecule has 0 spiro atoms. The molecule has 0 aliphatic heterocycles. The molecule has 1 amide bonds. The maximum absolute atomic E-state index is 13.6. The Morgan fingerprint density at radius 3 is 2.22 bits per heavy atom. The van der Waals surface area contributed by atoms with Gasteiger partial charge in [-0.05, 0) is 31.2 Å². The van der Waals surface area contributed by atoms with Crippen LogP contribution in [0.5, 0.6) is 0 Å². The lowest BCUT2D eigenvalue weighted by Crippen LogP contribution is -2.19. The first-order chi connectivity index (χ1) is 10.7. The Labute approximate surface area is 128 Å². The highest BCUT2D eigenvalue weighted by molar-refractivity contribution is 6.09. The average Bonchev–Trinajstić information content (AvgIpc) is 2.46.